The van der Waals surface area contributed by atoms with Gasteiger partial charge in [-0.15, -0.1) is 0 Å². The Morgan fingerprint density at radius 2 is 1.30 bits per heavy atom. The normalized spacial score (nSPS) is 9.43. The van der Waals surface area contributed by atoms with Crippen molar-refractivity contribution in [3.05, 3.63) is 48.0 Å². The number of aliphatic carboxylic acids is 2. The Morgan fingerprint density at radius 3 is 1.74 bits per heavy atom. The predicted molar refractivity (Wildman–Crippen MR) is 86.0 cm³/mol. The highest BCUT2D eigenvalue weighted by Gasteiger charge is 2.09. The summed E-state index contributed by atoms with van der Waals surface area (Å²) < 4.78 is 0. The van der Waals surface area contributed by atoms with Crippen molar-refractivity contribution in [1.29, 1.82) is 0 Å². The molecular weight excluding hydrogens is 300 g/mol. The second-order valence-corrected chi connectivity index (χ2v) is 4.59. The Morgan fingerprint density at radius 1 is 0.826 bits per heavy atom. The van der Waals surface area contributed by atoms with E-state index in [9.17, 15) is 4.79 Å². The zero-order valence-corrected chi connectivity index (χ0v) is 12.3. The third-order valence-electron chi connectivity index (χ3n) is 2.83. The maximum atomic E-state index is 11.6. The molecule has 0 aromatic heterocycles. The van der Waals surface area contributed by atoms with Crippen molar-refractivity contribution < 1.29 is 24.6 Å². The van der Waals surface area contributed by atoms with Gasteiger partial charge in [-0.1, -0.05) is 18.2 Å². The molecule has 2 aromatic rings. The van der Waals surface area contributed by atoms with Crippen molar-refractivity contribution in [2.75, 3.05) is 11.5 Å². The molecule has 0 atom stereocenters. The molecular formula is C16H16N2O5. The van der Waals surface area contributed by atoms with Crippen LogP contribution in [0.4, 0.5) is 11.4 Å². The summed E-state index contributed by atoms with van der Waals surface area (Å²) in [7, 11) is 0. The van der Waals surface area contributed by atoms with Crippen molar-refractivity contribution in [3.63, 3.8) is 0 Å². The number of nitrogens with two attached hydrogens (primary N) is 2. The number of ketones is 1. The molecule has 0 aliphatic rings. The summed E-state index contributed by atoms with van der Waals surface area (Å²) in [5.41, 5.74) is 15.1. The molecule has 0 spiro atoms. The number of nitrogen functional groups attached to an aromatic ring is 2. The largest absolute Gasteiger partial charge is 0.473 e. The number of hydrogen-bond donors (Lipinski definition) is 4. The number of carboxylic acids is 2. The van der Waals surface area contributed by atoms with Gasteiger partial charge in [-0.25, -0.2) is 9.59 Å². The van der Waals surface area contributed by atoms with Crippen molar-refractivity contribution >= 4 is 29.1 Å². The van der Waals surface area contributed by atoms with Crippen LogP contribution in [-0.4, -0.2) is 27.9 Å². The van der Waals surface area contributed by atoms with E-state index in [4.69, 9.17) is 31.3 Å². The monoisotopic (exact) mass is 316 g/mol. The van der Waals surface area contributed by atoms with E-state index in [2.05, 4.69) is 0 Å². The molecule has 0 unspecified atom stereocenters. The van der Waals surface area contributed by atoms with E-state index >= 15 is 0 Å². The molecule has 0 amide bonds. The van der Waals surface area contributed by atoms with Gasteiger partial charge in [0.05, 0.1) is 0 Å². The Bertz CT molecular complexity index is 727. The topological polar surface area (TPSA) is 144 Å². The molecule has 0 bridgehead atoms. The van der Waals surface area contributed by atoms with Gasteiger partial charge in [0.1, 0.15) is 0 Å². The molecule has 0 saturated heterocycles. The standard InChI is InChI=1S/C14H14N2O.C2H2O4/c1-9(17)14-8-12(16)6-7-13(14)10-2-4-11(15)5-3-10;3-1(4)2(5)6/h2-8H,15-16H2,1H3;(H,3,4)(H,5,6). The number of hydrogen-bond acceptors (Lipinski definition) is 5. The maximum Gasteiger partial charge on any atom is 0.414 e. The fourth-order valence-electron chi connectivity index (χ4n) is 1.77. The van der Waals surface area contributed by atoms with Crippen LogP contribution in [0.5, 0.6) is 0 Å². The summed E-state index contributed by atoms with van der Waals surface area (Å²) in [5.74, 6) is -3.64. The number of carbonyl (C=O) groups is 3. The fraction of sp³-hybridized carbons (Fsp3) is 0.0625. The van der Waals surface area contributed by atoms with Gasteiger partial charge < -0.3 is 21.7 Å². The van der Waals surface area contributed by atoms with Gasteiger partial charge in [-0.05, 0) is 42.3 Å². The Kier molecular flexibility index (Phi) is 5.85. The van der Waals surface area contributed by atoms with Crippen LogP contribution in [0.3, 0.4) is 0 Å². The van der Waals surface area contributed by atoms with Crippen LogP contribution in [0.25, 0.3) is 11.1 Å². The van der Waals surface area contributed by atoms with Gasteiger partial charge in [-0.2, -0.15) is 0 Å². The van der Waals surface area contributed by atoms with E-state index in [-0.39, 0.29) is 5.78 Å². The molecule has 2 aromatic carbocycles. The smallest absolute Gasteiger partial charge is 0.414 e. The van der Waals surface area contributed by atoms with Gasteiger partial charge >= 0.3 is 11.9 Å². The lowest BCUT2D eigenvalue weighted by Gasteiger charge is -2.08. The molecule has 7 nitrogen and oxygen atoms in total. The maximum absolute atomic E-state index is 11.6. The average molecular weight is 316 g/mol. The molecule has 2 rings (SSSR count). The Hall–Kier alpha value is -3.35. The molecule has 0 radical (unpaired) electrons. The Balaban J connectivity index is 0.000000379. The first kappa shape index (κ1) is 17.7. The quantitative estimate of drug-likeness (QED) is 0.376. The van der Waals surface area contributed by atoms with Gasteiger partial charge in [0, 0.05) is 16.9 Å². The van der Waals surface area contributed by atoms with E-state index in [1.165, 1.54) is 6.92 Å². The predicted octanol–water partition coefficient (Wildman–Crippen LogP) is 1.88. The molecule has 6 N–H and O–H groups in total. The summed E-state index contributed by atoms with van der Waals surface area (Å²) >= 11 is 0. The number of anilines is 2. The van der Waals surface area contributed by atoms with Crippen LogP contribution < -0.4 is 11.5 Å². The third-order valence-corrected chi connectivity index (χ3v) is 2.83. The molecule has 0 saturated carbocycles. The lowest BCUT2D eigenvalue weighted by atomic mass is 9.97. The lowest BCUT2D eigenvalue weighted by molar-refractivity contribution is -0.159. The number of benzene rings is 2. The van der Waals surface area contributed by atoms with Crippen LogP contribution in [0, 0.1) is 0 Å². The summed E-state index contributed by atoms with van der Waals surface area (Å²) in [5, 5.41) is 14.8. The van der Waals surface area contributed by atoms with Crippen molar-refractivity contribution in [3.8, 4) is 11.1 Å². The summed E-state index contributed by atoms with van der Waals surface area (Å²) in [6, 6.07) is 12.8. The highest BCUT2D eigenvalue weighted by Crippen LogP contribution is 2.26. The average Bonchev–Trinajstić information content (AvgIpc) is 2.48. The molecule has 7 heteroatoms. The fourth-order valence-corrected chi connectivity index (χ4v) is 1.77. The molecule has 0 heterocycles. The van der Waals surface area contributed by atoms with E-state index < -0.39 is 11.9 Å². The minimum atomic E-state index is -1.82. The number of carbonyl (C=O) groups excluding carboxylic acids is 1. The number of carboxylic acid groups (broad SMARTS) is 2. The van der Waals surface area contributed by atoms with Crippen LogP contribution in [0.15, 0.2) is 42.5 Å². The molecule has 23 heavy (non-hydrogen) atoms. The lowest BCUT2D eigenvalue weighted by Crippen LogP contribution is -2.09. The third kappa shape index (κ3) is 5.16. The van der Waals surface area contributed by atoms with Crippen LogP contribution in [0.1, 0.15) is 17.3 Å². The highest BCUT2D eigenvalue weighted by molar-refractivity contribution is 6.27. The summed E-state index contributed by atoms with van der Waals surface area (Å²) in [4.78, 5) is 29.8. The molecule has 0 aliphatic carbocycles. The van der Waals surface area contributed by atoms with Crippen molar-refractivity contribution in [2.24, 2.45) is 0 Å². The van der Waals surface area contributed by atoms with Gasteiger partial charge in [-0.3, -0.25) is 4.79 Å². The van der Waals surface area contributed by atoms with Crippen molar-refractivity contribution in [1.82, 2.24) is 0 Å². The van der Waals surface area contributed by atoms with Crippen LogP contribution >= 0.6 is 0 Å². The second-order valence-electron chi connectivity index (χ2n) is 4.59. The first-order valence-corrected chi connectivity index (χ1v) is 6.45. The first-order chi connectivity index (χ1) is 10.7. The van der Waals surface area contributed by atoms with Gasteiger partial charge in [0.15, 0.2) is 5.78 Å². The zero-order chi connectivity index (χ0) is 17.6. The second kappa shape index (κ2) is 7.60. The van der Waals surface area contributed by atoms with E-state index in [1.807, 2.05) is 30.3 Å². The molecule has 0 fully saturated rings. The zero-order valence-electron chi connectivity index (χ0n) is 12.3. The van der Waals surface area contributed by atoms with Crippen LogP contribution in [-0.2, 0) is 9.59 Å². The highest BCUT2D eigenvalue weighted by atomic mass is 16.4. The summed E-state index contributed by atoms with van der Waals surface area (Å²) in [6.07, 6.45) is 0. The van der Waals surface area contributed by atoms with E-state index in [1.54, 1.807) is 12.1 Å². The summed E-state index contributed by atoms with van der Waals surface area (Å²) in [6.45, 7) is 1.54. The molecule has 120 valence electrons. The number of Topliss-reactive ketones (excluding diaryl/α,β-unsaturated/α-hetero) is 1. The van der Waals surface area contributed by atoms with Gasteiger partial charge in [0.2, 0.25) is 0 Å². The Labute approximate surface area is 132 Å². The first-order valence-electron chi connectivity index (χ1n) is 6.45. The van der Waals surface area contributed by atoms with E-state index in [0.29, 0.717) is 16.9 Å². The van der Waals surface area contributed by atoms with Crippen LogP contribution in [0.2, 0.25) is 0 Å². The SMILES string of the molecule is CC(=O)c1cc(N)ccc1-c1ccc(N)cc1.O=C(O)C(=O)O. The van der Waals surface area contributed by atoms with Gasteiger partial charge in [0.25, 0.3) is 0 Å². The minimum absolute atomic E-state index is 0.00382. The van der Waals surface area contributed by atoms with Crippen molar-refractivity contribution in [2.45, 2.75) is 6.92 Å². The number of rotatable bonds is 2. The minimum Gasteiger partial charge on any atom is -0.473 e. The molecule has 0 aliphatic heterocycles. The van der Waals surface area contributed by atoms with E-state index in [0.717, 1.165) is 11.1 Å².